The van der Waals surface area contributed by atoms with Crippen LogP contribution in [0.2, 0.25) is 0 Å². The van der Waals surface area contributed by atoms with E-state index in [0.717, 1.165) is 30.3 Å². The molecule has 1 aromatic heterocycles. The van der Waals surface area contributed by atoms with Crippen LogP contribution in [0.1, 0.15) is 49.9 Å². The highest BCUT2D eigenvalue weighted by atomic mass is 15.3. The highest BCUT2D eigenvalue weighted by molar-refractivity contribution is 5.44. The second kappa shape index (κ2) is 6.73. The van der Waals surface area contributed by atoms with Gasteiger partial charge in [-0.05, 0) is 52.6 Å². The average molecular weight is 288 g/mol. The lowest BCUT2D eigenvalue weighted by Gasteiger charge is -2.39. The second-order valence-corrected chi connectivity index (χ2v) is 6.61. The summed E-state index contributed by atoms with van der Waals surface area (Å²) in [6.07, 6.45) is 10.1. The van der Waals surface area contributed by atoms with E-state index in [4.69, 9.17) is 4.98 Å². The monoisotopic (exact) mass is 288 g/mol. The molecule has 2 fully saturated rings. The number of anilines is 1. The van der Waals surface area contributed by atoms with Crippen LogP contribution in [-0.4, -0.2) is 47.1 Å². The molecule has 3 rings (SSSR count). The zero-order valence-corrected chi connectivity index (χ0v) is 13.5. The minimum absolute atomic E-state index is 0.707. The van der Waals surface area contributed by atoms with E-state index in [0.29, 0.717) is 6.04 Å². The molecule has 2 aliphatic rings. The summed E-state index contributed by atoms with van der Waals surface area (Å²) in [6.45, 7) is 8.94. The Morgan fingerprint density at radius 2 is 1.76 bits per heavy atom. The summed E-state index contributed by atoms with van der Waals surface area (Å²) in [5.74, 6) is 1.11. The Morgan fingerprint density at radius 3 is 2.52 bits per heavy atom. The first kappa shape index (κ1) is 14.8. The summed E-state index contributed by atoms with van der Waals surface area (Å²) < 4.78 is 0. The van der Waals surface area contributed by atoms with Crippen molar-refractivity contribution in [1.82, 2.24) is 14.9 Å². The topological polar surface area (TPSA) is 32.3 Å². The first-order chi connectivity index (χ1) is 10.2. The number of likely N-dealkylation sites (tertiary alicyclic amines) is 1. The van der Waals surface area contributed by atoms with E-state index in [2.05, 4.69) is 21.7 Å². The SMILES string of the molecule is Cc1cnc(C)c(N2CCCC(N3CCCCCC3)C2)n1. The van der Waals surface area contributed by atoms with Crippen molar-refractivity contribution in [1.29, 1.82) is 0 Å². The van der Waals surface area contributed by atoms with E-state index in [1.54, 1.807) is 0 Å². The highest BCUT2D eigenvalue weighted by Crippen LogP contribution is 2.24. The third kappa shape index (κ3) is 3.54. The molecule has 4 heteroatoms. The molecule has 1 atom stereocenters. The zero-order chi connectivity index (χ0) is 14.7. The van der Waals surface area contributed by atoms with Crippen LogP contribution in [-0.2, 0) is 0 Å². The molecule has 0 spiro atoms. The number of piperidine rings is 1. The van der Waals surface area contributed by atoms with Crippen LogP contribution in [0.15, 0.2) is 6.20 Å². The first-order valence-corrected chi connectivity index (χ1v) is 8.53. The van der Waals surface area contributed by atoms with Gasteiger partial charge < -0.3 is 4.90 Å². The summed E-state index contributed by atoms with van der Waals surface area (Å²) >= 11 is 0. The molecule has 0 bridgehead atoms. The Hall–Kier alpha value is -1.16. The van der Waals surface area contributed by atoms with Crippen molar-refractivity contribution >= 4 is 5.82 Å². The highest BCUT2D eigenvalue weighted by Gasteiger charge is 2.27. The first-order valence-electron chi connectivity index (χ1n) is 8.53. The van der Waals surface area contributed by atoms with Crippen LogP contribution < -0.4 is 4.90 Å². The van der Waals surface area contributed by atoms with Gasteiger partial charge >= 0.3 is 0 Å². The van der Waals surface area contributed by atoms with E-state index < -0.39 is 0 Å². The van der Waals surface area contributed by atoms with E-state index in [1.807, 2.05) is 13.1 Å². The molecular weight excluding hydrogens is 260 g/mol. The number of rotatable bonds is 2. The molecule has 0 aromatic carbocycles. The number of nitrogens with zero attached hydrogens (tertiary/aromatic N) is 4. The van der Waals surface area contributed by atoms with Gasteiger partial charge in [0, 0.05) is 25.3 Å². The van der Waals surface area contributed by atoms with Crippen molar-refractivity contribution < 1.29 is 0 Å². The average Bonchev–Trinajstić information content (AvgIpc) is 2.79. The van der Waals surface area contributed by atoms with Gasteiger partial charge in [-0.3, -0.25) is 9.88 Å². The summed E-state index contributed by atoms with van der Waals surface area (Å²) in [7, 11) is 0. The fourth-order valence-corrected chi connectivity index (χ4v) is 3.73. The molecule has 4 nitrogen and oxygen atoms in total. The number of aromatic nitrogens is 2. The van der Waals surface area contributed by atoms with E-state index >= 15 is 0 Å². The fraction of sp³-hybridized carbons (Fsp3) is 0.765. The Balaban J connectivity index is 1.71. The minimum Gasteiger partial charge on any atom is -0.354 e. The third-order valence-corrected chi connectivity index (χ3v) is 4.90. The minimum atomic E-state index is 0.707. The van der Waals surface area contributed by atoms with Gasteiger partial charge in [0.2, 0.25) is 0 Å². The van der Waals surface area contributed by atoms with Crippen LogP contribution in [0.4, 0.5) is 5.82 Å². The molecule has 0 saturated carbocycles. The summed E-state index contributed by atoms with van der Waals surface area (Å²) in [5.41, 5.74) is 2.09. The maximum absolute atomic E-state index is 4.74. The maximum atomic E-state index is 4.74. The lowest BCUT2D eigenvalue weighted by atomic mass is 10.0. The Kier molecular flexibility index (Phi) is 4.73. The third-order valence-electron chi connectivity index (χ3n) is 4.90. The van der Waals surface area contributed by atoms with Crippen LogP contribution in [0.5, 0.6) is 0 Å². The van der Waals surface area contributed by atoms with Gasteiger partial charge in [0.15, 0.2) is 0 Å². The summed E-state index contributed by atoms with van der Waals surface area (Å²) in [4.78, 5) is 14.4. The van der Waals surface area contributed by atoms with Crippen molar-refractivity contribution in [2.24, 2.45) is 0 Å². The standard InChI is InChI=1S/C17H28N4/c1-14-12-18-15(2)17(19-14)21-11-7-8-16(13-21)20-9-5-3-4-6-10-20/h12,16H,3-11,13H2,1-2H3. The zero-order valence-electron chi connectivity index (χ0n) is 13.5. The molecule has 0 radical (unpaired) electrons. The van der Waals surface area contributed by atoms with Gasteiger partial charge in [0.25, 0.3) is 0 Å². The van der Waals surface area contributed by atoms with Gasteiger partial charge in [0.1, 0.15) is 5.82 Å². The van der Waals surface area contributed by atoms with Gasteiger partial charge in [-0.15, -0.1) is 0 Å². The Bertz CT molecular complexity index is 466. The van der Waals surface area contributed by atoms with Gasteiger partial charge in [0.05, 0.1) is 11.4 Å². The molecule has 0 amide bonds. The van der Waals surface area contributed by atoms with Crippen molar-refractivity contribution in [3.63, 3.8) is 0 Å². The molecule has 1 unspecified atom stereocenters. The van der Waals surface area contributed by atoms with Crippen LogP contribution in [0.25, 0.3) is 0 Å². The van der Waals surface area contributed by atoms with Crippen LogP contribution >= 0.6 is 0 Å². The second-order valence-electron chi connectivity index (χ2n) is 6.61. The van der Waals surface area contributed by atoms with E-state index in [1.165, 1.54) is 51.6 Å². The lowest BCUT2D eigenvalue weighted by molar-refractivity contribution is 0.181. The molecule has 0 aliphatic carbocycles. The molecule has 21 heavy (non-hydrogen) atoms. The molecule has 2 saturated heterocycles. The van der Waals surface area contributed by atoms with Crippen LogP contribution in [0.3, 0.4) is 0 Å². The van der Waals surface area contributed by atoms with Crippen molar-refractivity contribution in [3.8, 4) is 0 Å². The number of hydrogen-bond acceptors (Lipinski definition) is 4. The van der Waals surface area contributed by atoms with Crippen molar-refractivity contribution in [3.05, 3.63) is 17.6 Å². The largest absolute Gasteiger partial charge is 0.354 e. The molecular formula is C17H28N4. The van der Waals surface area contributed by atoms with Crippen molar-refractivity contribution in [2.75, 3.05) is 31.1 Å². The van der Waals surface area contributed by atoms with Crippen LogP contribution in [0, 0.1) is 13.8 Å². The summed E-state index contributed by atoms with van der Waals surface area (Å²) in [6, 6.07) is 0.707. The number of hydrogen-bond donors (Lipinski definition) is 0. The smallest absolute Gasteiger partial charge is 0.150 e. The predicted molar refractivity (Wildman–Crippen MR) is 86.8 cm³/mol. The number of aryl methyl sites for hydroxylation is 2. The lowest BCUT2D eigenvalue weighted by Crippen LogP contribution is -2.48. The molecule has 116 valence electrons. The Morgan fingerprint density at radius 1 is 1.00 bits per heavy atom. The molecule has 3 heterocycles. The summed E-state index contributed by atoms with van der Waals surface area (Å²) in [5, 5.41) is 0. The molecule has 0 N–H and O–H groups in total. The van der Waals surface area contributed by atoms with Gasteiger partial charge in [-0.2, -0.15) is 0 Å². The normalized spacial score (nSPS) is 24.9. The van der Waals surface area contributed by atoms with Gasteiger partial charge in [-0.25, -0.2) is 4.98 Å². The molecule has 2 aliphatic heterocycles. The predicted octanol–water partition coefficient (Wildman–Crippen LogP) is 2.94. The van der Waals surface area contributed by atoms with E-state index in [9.17, 15) is 0 Å². The van der Waals surface area contributed by atoms with Gasteiger partial charge in [-0.1, -0.05) is 12.8 Å². The molecule has 1 aromatic rings. The maximum Gasteiger partial charge on any atom is 0.150 e. The quantitative estimate of drug-likeness (QED) is 0.837. The Labute approximate surface area is 128 Å². The van der Waals surface area contributed by atoms with Crippen molar-refractivity contribution in [2.45, 2.75) is 58.4 Å². The van der Waals surface area contributed by atoms with E-state index in [-0.39, 0.29) is 0 Å². The fourth-order valence-electron chi connectivity index (χ4n) is 3.73.